The third kappa shape index (κ3) is 3.33. The van der Waals surface area contributed by atoms with Crippen molar-refractivity contribution in [3.8, 4) is 0 Å². The monoisotopic (exact) mass is 329 g/mol. The third-order valence-electron chi connectivity index (χ3n) is 5.21. The number of hydrogen-bond donors (Lipinski definition) is 0. The van der Waals surface area contributed by atoms with E-state index in [1.807, 2.05) is 18.5 Å². The Morgan fingerprint density at radius 3 is 2.00 bits per heavy atom. The Labute approximate surface area is 149 Å². The SMILES string of the molecule is c1ccc(C2(c3ccccc3)CCCN(Cc3ncccn3)C2)cc1. The minimum absolute atomic E-state index is 0.0373. The Morgan fingerprint density at radius 2 is 1.40 bits per heavy atom. The second kappa shape index (κ2) is 7.16. The van der Waals surface area contributed by atoms with Crippen LogP contribution in [0, 0.1) is 0 Å². The predicted octanol–water partition coefficient (Wildman–Crippen LogP) is 4.06. The second-order valence-electron chi connectivity index (χ2n) is 6.79. The number of hydrogen-bond acceptors (Lipinski definition) is 3. The topological polar surface area (TPSA) is 29.0 Å². The summed E-state index contributed by atoms with van der Waals surface area (Å²) in [6.45, 7) is 2.90. The lowest BCUT2D eigenvalue weighted by molar-refractivity contribution is 0.158. The van der Waals surface area contributed by atoms with Crippen molar-refractivity contribution < 1.29 is 0 Å². The van der Waals surface area contributed by atoms with Crippen LogP contribution in [-0.2, 0) is 12.0 Å². The number of rotatable bonds is 4. The van der Waals surface area contributed by atoms with Crippen LogP contribution in [0.3, 0.4) is 0 Å². The van der Waals surface area contributed by atoms with Crippen LogP contribution < -0.4 is 0 Å². The van der Waals surface area contributed by atoms with E-state index in [1.165, 1.54) is 24.0 Å². The van der Waals surface area contributed by atoms with Crippen molar-refractivity contribution in [1.29, 1.82) is 0 Å². The molecule has 0 saturated carbocycles. The van der Waals surface area contributed by atoms with Crippen molar-refractivity contribution in [3.63, 3.8) is 0 Å². The molecule has 3 nitrogen and oxygen atoms in total. The Morgan fingerprint density at radius 1 is 0.800 bits per heavy atom. The minimum Gasteiger partial charge on any atom is -0.295 e. The largest absolute Gasteiger partial charge is 0.295 e. The molecule has 0 atom stereocenters. The van der Waals surface area contributed by atoms with Gasteiger partial charge in [0.1, 0.15) is 5.82 Å². The van der Waals surface area contributed by atoms with Gasteiger partial charge in [0.05, 0.1) is 6.54 Å². The maximum Gasteiger partial charge on any atom is 0.142 e. The lowest BCUT2D eigenvalue weighted by Crippen LogP contribution is -2.46. The van der Waals surface area contributed by atoms with Gasteiger partial charge in [0.15, 0.2) is 0 Å². The van der Waals surface area contributed by atoms with Gasteiger partial charge in [0, 0.05) is 24.4 Å². The van der Waals surface area contributed by atoms with E-state index in [0.717, 1.165) is 25.5 Å². The van der Waals surface area contributed by atoms with Crippen LogP contribution in [0.2, 0.25) is 0 Å². The molecule has 1 aromatic heterocycles. The van der Waals surface area contributed by atoms with Crippen LogP contribution in [0.25, 0.3) is 0 Å². The Kier molecular flexibility index (Phi) is 4.57. The van der Waals surface area contributed by atoms with E-state index in [2.05, 4.69) is 75.5 Å². The molecule has 1 aliphatic heterocycles. The third-order valence-corrected chi connectivity index (χ3v) is 5.21. The second-order valence-corrected chi connectivity index (χ2v) is 6.79. The van der Waals surface area contributed by atoms with E-state index in [9.17, 15) is 0 Å². The highest BCUT2D eigenvalue weighted by atomic mass is 15.2. The van der Waals surface area contributed by atoms with E-state index in [4.69, 9.17) is 0 Å². The first kappa shape index (κ1) is 16.0. The molecule has 0 spiro atoms. The quantitative estimate of drug-likeness (QED) is 0.723. The fourth-order valence-electron chi connectivity index (χ4n) is 4.04. The molecule has 4 rings (SSSR count). The molecule has 25 heavy (non-hydrogen) atoms. The van der Waals surface area contributed by atoms with Gasteiger partial charge in [-0.1, -0.05) is 60.7 Å². The molecule has 2 aromatic carbocycles. The molecule has 1 saturated heterocycles. The summed E-state index contributed by atoms with van der Waals surface area (Å²) in [7, 11) is 0. The normalized spacial score (nSPS) is 17.3. The zero-order valence-corrected chi connectivity index (χ0v) is 14.4. The predicted molar refractivity (Wildman–Crippen MR) is 100 cm³/mol. The van der Waals surface area contributed by atoms with Crippen molar-refractivity contribution in [3.05, 3.63) is 96.1 Å². The van der Waals surface area contributed by atoms with E-state index in [1.54, 1.807) is 0 Å². The van der Waals surface area contributed by atoms with Gasteiger partial charge in [-0.05, 0) is 36.6 Å². The smallest absolute Gasteiger partial charge is 0.142 e. The first-order valence-electron chi connectivity index (χ1n) is 8.96. The van der Waals surface area contributed by atoms with Crippen molar-refractivity contribution in [2.24, 2.45) is 0 Å². The van der Waals surface area contributed by atoms with E-state index in [-0.39, 0.29) is 5.41 Å². The van der Waals surface area contributed by atoms with Gasteiger partial charge in [-0.25, -0.2) is 9.97 Å². The summed E-state index contributed by atoms with van der Waals surface area (Å²) in [5, 5.41) is 0. The molecular weight excluding hydrogens is 306 g/mol. The van der Waals surface area contributed by atoms with Gasteiger partial charge < -0.3 is 0 Å². The van der Waals surface area contributed by atoms with Crippen LogP contribution in [0.15, 0.2) is 79.1 Å². The first-order chi connectivity index (χ1) is 12.4. The summed E-state index contributed by atoms with van der Waals surface area (Å²) in [6, 6.07) is 23.8. The molecule has 1 aliphatic rings. The molecule has 0 bridgehead atoms. The average Bonchev–Trinajstić information content (AvgIpc) is 2.70. The summed E-state index contributed by atoms with van der Waals surface area (Å²) >= 11 is 0. The Bertz CT molecular complexity index is 748. The number of nitrogens with zero attached hydrogens (tertiary/aromatic N) is 3. The van der Waals surface area contributed by atoms with Gasteiger partial charge >= 0.3 is 0 Å². The van der Waals surface area contributed by atoms with Gasteiger partial charge in [-0.3, -0.25) is 4.90 Å². The minimum atomic E-state index is 0.0373. The maximum absolute atomic E-state index is 4.41. The molecule has 0 radical (unpaired) electrons. The Balaban J connectivity index is 1.69. The van der Waals surface area contributed by atoms with Crippen molar-refractivity contribution in [1.82, 2.24) is 14.9 Å². The standard InChI is InChI=1S/C22H23N3/c1-3-9-19(10-4-1)22(20-11-5-2-6-12-20)13-7-16-25(18-22)17-21-23-14-8-15-24-21/h1-6,8-12,14-15H,7,13,16-18H2. The van der Waals surface area contributed by atoms with Gasteiger partial charge in [-0.2, -0.15) is 0 Å². The number of benzene rings is 2. The van der Waals surface area contributed by atoms with E-state index < -0.39 is 0 Å². The highest BCUT2D eigenvalue weighted by Crippen LogP contribution is 2.40. The van der Waals surface area contributed by atoms with Crippen LogP contribution in [0.1, 0.15) is 29.8 Å². The van der Waals surface area contributed by atoms with Crippen LogP contribution in [-0.4, -0.2) is 28.0 Å². The molecule has 0 unspecified atom stereocenters. The molecular formula is C22H23N3. The summed E-state index contributed by atoms with van der Waals surface area (Å²) in [6.07, 6.45) is 6.01. The average molecular weight is 329 g/mol. The molecule has 0 amide bonds. The fraction of sp³-hybridized carbons (Fsp3) is 0.273. The van der Waals surface area contributed by atoms with Crippen molar-refractivity contribution in [2.75, 3.05) is 13.1 Å². The summed E-state index contributed by atoms with van der Waals surface area (Å²) in [4.78, 5) is 11.3. The number of likely N-dealkylation sites (tertiary alicyclic amines) is 1. The molecule has 2 heterocycles. The van der Waals surface area contributed by atoms with Crippen molar-refractivity contribution >= 4 is 0 Å². The summed E-state index contributed by atoms with van der Waals surface area (Å²) in [5.41, 5.74) is 2.84. The van der Waals surface area contributed by atoms with Crippen molar-refractivity contribution in [2.45, 2.75) is 24.8 Å². The van der Waals surface area contributed by atoms with Gasteiger partial charge in [0.2, 0.25) is 0 Å². The highest BCUT2D eigenvalue weighted by molar-refractivity contribution is 5.40. The molecule has 3 aromatic rings. The maximum atomic E-state index is 4.41. The molecule has 3 heteroatoms. The molecule has 0 aliphatic carbocycles. The molecule has 0 N–H and O–H groups in total. The molecule has 1 fully saturated rings. The lowest BCUT2D eigenvalue weighted by atomic mass is 9.69. The first-order valence-corrected chi connectivity index (χ1v) is 8.96. The van der Waals surface area contributed by atoms with Crippen LogP contribution >= 0.6 is 0 Å². The van der Waals surface area contributed by atoms with Crippen LogP contribution in [0.4, 0.5) is 0 Å². The van der Waals surface area contributed by atoms with Crippen LogP contribution in [0.5, 0.6) is 0 Å². The zero-order valence-electron chi connectivity index (χ0n) is 14.4. The fourth-order valence-corrected chi connectivity index (χ4v) is 4.04. The lowest BCUT2D eigenvalue weighted by Gasteiger charge is -2.43. The van der Waals surface area contributed by atoms with Gasteiger partial charge in [0.25, 0.3) is 0 Å². The van der Waals surface area contributed by atoms with E-state index in [0.29, 0.717) is 0 Å². The summed E-state index contributed by atoms with van der Waals surface area (Å²) in [5.74, 6) is 0.902. The number of piperidine rings is 1. The van der Waals surface area contributed by atoms with E-state index >= 15 is 0 Å². The van der Waals surface area contributed by atoms with Gasteiger partial charge in [-0.15, -0.1) is 0 Å². The number of aromatic nitrogens is 2. The zero-order chi connectivity index (χ0) is 17.0. The molecule has 126 valence electrons. The summed E-state index contributed by atoms with van der Waals surface area (Å²) < 4.78 is 0. The Hall–Kier alpha value is -2.52. The highest BCUT2D eigenvalue weighted by Gasteiger charge is 2.38.